The van der Waals surface area contributed by atoms with E-state index >= 15 is 0 Å². The standard InChI is InChI=1S/C15H24O3/c1-10-5-7-12(15(3,4)18)9-14(17)13(10)8-6-11(2)16/h9-10,13,18H,5-8H2,1-4H3. The van der Waals surface area contributed by atoms with Crippen LogP contribution in [0.5, 0.6) is 0 Å². The summed E-state index contributed by atoms with van der Waals surface area (Å²) in [5.41, 5.74) is -0.116. The zero-order chi connectivity index (χ0) is 13.9. The van der Waals surface area contributed by atoms with Crippen LogP contribution in [0.3, 0.4) is 0 Å². The Morgan fingerprint density at radius 3 is 2.61 bits per heavy atom. The van der Waals surface area contributed by atoms with Gasteiger partial charge in [0.15, 0.2) is 5.78 Å². The smallest absolute Gasteiger partial charge is 0.159 e. The quantitative estimate of drug-likeness (QED) is 0.837. The molecule has 0 amide bonds. The molecule has 0 saturated heterocycles. The first-order valence-corrected chi connectivity index (χ1v) is 6.68. The maximum absolute atomic E-state index is 12.2. The molecule has 18 heavy (non-hydrogen) atoms. The second-order valence-corrected chi connectivity index (χ2v) is 5.99. The van der Waals surface area contributed by atoms with Crippen molar-refractivity contribution >= 4 is 11.6 Å². The van der Waals surface area contributed by atoms with Gasteiger partial charge in [0, 0.05) is 12.3 Å². The lowest BCUT2D eigenvalue weighted by Gasteiger charge is -2.21. The van der Waals surface area contributed by atoms with Gasteiger partial charge in [0.1, 0.15) is 5.78 Å². The van der Waals surface area contributed by atoms with E-state index < -0.39 is 5.60 Å². The molecule has 102 valence electrons. The summed E-state index contributed by atoms with van der Waals surface area (Å²) in [6.45, 7) is 7.05. The van der Waals surface area contributed by atoms with E-state index in [-0.39, 0.29) is 23.4 Å². The molecule has 0 heterocycles. The number of hydrogen-bond donors (Lipinski definition) is 1. The number of carbonyl (C=O) groups excluding carboxylic acids is 2. The normalized spacial score (nSPS) is 25.6. The molecular weight excluding hydrogens is 228 g/mol. The van der Waals surface area contributed by atoms with Gasteiger partial charge in [-0.3, -0.25) is 4.79 Å². The lowest BCUT2D eigenvalue weighted by molar-refractivity contribution is -0.120. The minimum absolute atomic E-state index is 0.0679. The maximum atomic E-state index is 12.2. The van der Waals surface area contributed by atoms with E-state index in [0.29, 0.717) is 12.8 Å². The number of Topliss-reactive ketones (excluding diaryl/α,β-unsaturated/α-hetero) is 1. The van der Waals surface area contributed by atoms with E-state index in [1.165, 1.54) is 0 Å². The summed E-state index contributed by atoms with van der Waals surface area (Å²) in [6, 6.07) is 0. The van der Waals surface area contributed by atoms with Gasteiger partial charge < -0.3 is 9.90 Å². The van der Waals surface area contributed by atoms with Gasteiger partial charge in [0.05, 0.1) is 5.60 Å². The van der Waals surface area contributed by atoms with Crippen LogP contribution in [0.4, 0.5) is 0 Å². The van der Waals surface area contributed by atoms with Crippen LogP contribution in [0.2, 0.25) is 0 Å². The average molecular weight is 252 g/mol. The number of allylic oxidation sites excluding steroid dienone is 1. The van der Waals surface area contributed by atoms with Crippen molar-refractivity contribution in [3.8, 4) is 0 Å². The monoisotopic (exact) mass is 252 g/mol. The first-order chi connectivity index (χ1) is 8.21. The molecule has 1 rings (SSSR count). The highest BCUT2D eigenvalue weighted by molar-refractivity contribution is 5.93. The summed E-state index contributed by atoms with van der Waals surface area (Å²) in [7, 11) is 0. The van der Waals surface area contributed by atoms with Gasteiger partial charge in [-0.1, -0.05) is 6.92 Å². The van der Waals surface area contributed by atoms with E-state index in [9.17, 15) is 14.7 Å². The van der Waals surface area contributed by atoms with Gasteiger partial charge in [0.2, 0.25) is 0 Å². The minimum Gasteiger partial charge on any atom is -0.386 e. The van der Waals surface area contributed by atoms with Gasteiger partial charge >= 0.3 is 0 Å². The van der Waals surface area contributed by atoms with Crippen LogP contribution in [0.15, 0.2) is 11.6 Å². The molecular formula is C15H24O3. The molecule has 0 radical (unpaired) electrons. The van der Waals surface area contributed by atoms with Crippen molar-refractivity contribution in [2.75, 3.05) is 0 Å². The molecule has 1 N–H and O–H groups in total. The third-order valence-electron chi connectivity index (χ3n) is 3.83. The van der Waals surface area contributed by atoms with Gasteiger partial charge in [-0.2, -0.15) is 0 Å². The van der Waals surface area contributed by atoms with Gasteiger partial charge in [-0.05, 0) is 57.6 Å². The van der Waals surface area contributed by atoms with Crippen molar-refractivity contribution in [1.82, 2.24) is 0 Å². The third kappa shape index (κ3) is 4.05. The molecule has 0 saturated carbocycles. The highest BCUT2D eigenvalue weighted by atomic mass is 16.3. The van der Waals surface area contributed by atoms with Gasteiger partial charge in [-0.15, -0.1) is 0 Å². The van der Waals surface area contributed by atoms with Crippen LogP contribution in [0.25, 0.3) is 0 Å². The summed E-state index contributed by atoms with van der Waals surface area (Å²) in [6.07, 6.45) is 4.35. The zero-order valence-corrected chi connectivity index (χ0v) is 11.8. The van der Waals surface area contributed by atoms with Crippen LogP contribution >= 0.6 is 0 Å². The number of hydrogen-bond acceptors (Lipinski definition) is 3. The fourth-order valence-corrected chi connectivity index (χ4v) is 2.48. The Balaban J connectivity index is 2.84. The van der Waals surface area contributed by atoms with Crippen molar-refractivity contribution in [2.24, 2.45) is 11.8 Å². The molecule has 0 aromatic carbocycles. The largest absolute Gasteiger partial charge is 0.386 e. The average Bonchev–Trinajstić information content (AvgIpc) is 2.35. The number of ketones is 2. The predicted octanol–water partition coefficient (Wildman–Crippen LogP) is 2.67. The molecule has 0 aromatic heterocycles. The van der Waals surface area contributed by atoms with Crippen molar-refractivity contribution < 1.29 is 14.7 Å². The molecule has 0 fully saturated rings. The van der Waals surface area contributed by atoms with Crippen molar-refractivity contribution in [2.45, 2.75) is 59.0 Å². The second-order valence-electron chi connectivity index (χ2n) is 5.99. The van der Waals surface area contributed by atoms with Gasteiger partial charge in [0.25, 0.3) is 0 Å². The van der Waals surface area contributed by atoms with Crippen molar-refractivity contribution in [3.05, 3.63) is 11.6 Å². The van der Waals surface area contributed by atoms with E-state index in [0.717, 1.165) is 18.4 Å². The lowest BCUT2D eigenvalue weighted by Crippen LogP contribution is -2.22. The first-order valence-electron chi connectivity index (χ1n) is 6.68. The molecule has 2 unspecified atom stereocenters. The summed E-state index contributed by atoms with van der Waals surface area (Å²) < 4.78 is 0. The number of carbonyl (C=O) groups is 2. The van der Waals surface area contributed by atoms with E-state index in [1.54, 1.807) is 26.8 Å². The Bertz CT molecular complexity index is 360. The topological polar surface area (TPSA) is 54.4 Å². The fourth-order valence-electron chi connectivity index (χ4n) is 2.48. The fraction of sp³-hybridized carbons (Fsp3) is 0.733. The Labute approximate surface area is 109 Å². The molecule has 0 aromatic rings. The van der Waals surface area contributed by atoms with Crippen LogP contribution in [0.1, 0.15) is 53.4 Å². The number of rotatable bonds is 4. The van der Waals surface area contributed by atoms with Crippen molar-refractivity contribution in [1.29, 1.82) is 0 Å². The third-order valence-corrected chi connectivity index (χ3v) is 3.83. The SMILES string of the molecule is CC(=O)CCC1C(=O)C=C(C(C)(C)O)CCC1C. The molecule has 2 atom stereocenters. The summed E-state index contributed by atoms with van der Waals surface area (Å²) in [5.74, 6) is 0.394. The first kappa shape index (κ1) is 15.1. The molecule has 3 nitrogen and oxygen atoms in total. The van der Waals surface area contributed by atoms with E-state index in [1.807, 2.05) is 0 Å². The summed E-state index contributed by atoms with van der Waals surface area (Å²) in [5, 5.41) is 10.0. The predicted molar refractivity (Wildman–Crippen MR) is 71.2 cm³/mol. The summed E-state index contributed by atoms with van der Waals surface area (Å²) >= 11 is 0. The lowest BCUT2D eigenvalue weighted by atomic mass is 9.84. The molecule has 0 spiro atoms. The minimum atomic E-state index is -0.926. The highest BCUT2D eigenvalue weighted by Gasteiger charge is 2.30. The van der Waals surface area contributed by atoms with Crippen LogP contribution in [-0.2, 0) is 9.59 Å². The van der Waals surface area contributed by atoms with Crippen LogP contribution < -0.4 is 0 Å². The molecule has 0 bridgehead atoms. The zero-order valence-electron chi connectivity index (χ0n) is 11.8. The maximum Gasteiger partial charge on any atom is 0.159 e. The summed E-state index contributed by atoms with van der Waals surface area (Å²) in [4.78, 5) is 23.2. The molecule has 1 aliphatic carbocycles. The Morgan fingerprint density at radius 2 is 2.11 bits per heavy atom. The van der Waals surface area contributed by atoms with E-state index in [4.69, 9.17) is 0 Å². The highest BCUT2D eigenvalue weighted by Crippen LogP contribution is 2.32. The Hall–Kier alpha value is -0.960. The number of aliphatic hydroxyl groups is 1. The van der Waals surface area contributed by atoms with Crippen LogP contribution in [0, 0.1) is 11.8 Å². The Kier molecular flexibility index (Phi) is 4.85. The molecule has 3 heteroatoms. The second kappa shape index (κ2) is 5.79. The van der Waals surface area contributed by atoms with Crippen molar-refractivity contribution in [3.63, 3.8) is 0 Å². The van der Waals surface area contributed by atoms with E-state index in [2.05, 4.69) is 6.92 Å². The van der Waals surface area contributed by atoms with Crippen LogP contribution in [-0.4, -0.2) is 22.3 Å². The molecule has 1 aliphatic rings. The Morgan fingerprint density at radius 1 is 1.50 bits per heavy atom. The molecule has 0 aliphatic heterocycles. The van der Waals surface area contributed by atoms with Gasteiger partial charge in [-0.25, -0.2) is 0 Å².